The number of hydrogen-bond donors (Lipinski definition) is 1. The van der Waals surface area contributed by atoms with Crippen molar-refractivity contribution >= 4 is 34.7 Å². The van der Waals surface area contributed by atoms with Gasteiger partial charge in [-0.1, -0.05) is 17.3 Å². The van der Waals surface area contributed by atoms with Gasteiger partial charge in [0.25, 0.3) is 5.91 Å². The summed E-state index contributed by atoms with van der Waals surface area (Å²) in [7, 11) is 0. The molecule has 2 aromatic heterocycles. The molecule has 6 nitrogen and oxygen atoms in total. The minimum absolute atomic E-state index is 0.0640. The fourth-order valence-corrected chi connectivity index (χ4v) is 5.08. The fourth-order valence-electron chi connectivity index (χ4n) is 3.62. The topological polar surface area (TPSA) is 75.2 Å². The third-order valence-electron chi connectivity index (χ3n) is 5.13. The molecule has 1 unspecified atom stereocenters. The Bertz CT molecular complexity index is 779. The highest BCUT2D eigenvalue weighted by Crippen LogP contribution is 2.39. The van der Waals surface area contributed by atoms with Crippen molar-refractivity contribution in [1.82, 2.24) is 19.8 Å². The summed E-state index contributed by atoms with van der Waals surface area (Å²) in [5, 5.41) is 10.8. The van der Waals surface area contributed by atoms with E-state index in [4.69, 9.17) is 0 Å². The molecule has 0 radical (unpaired) electrons. The Balaban J connectivity index is 1.67. The lowest BCUT2D eigenvalue weighted by molar-refractivity contribution is -0.126. The van der Waals surface area contributed by atoms with Crippen LogP contribution in [0.1, 0.15) is 65.5 Å². The molecule has 0 saturated heterocycles. The van der Waals surface area contributed by atoms with Crippen LogP contribution in [0.2, 0.25) is 0 Å². The van der Waals surface area contributed by atoms with Crippen molar-refractivity contribution in [3.05, 3.63) is 33.0 Å². The minimum Gasteiger partial charge on any atom is -0.351 e. The van der Waals surface area contributed by atoms with E-state index < -0.39 is 6.04 Å². The first-order valence-corrected chi connectivity index (χ1v) is 10.8. The summed E-state index contributed by atoms with van der Waals surface area (Å²) in [5.41, 5.74) is 1.38. The van der Waals surface area contributed by atoms with Crippen LogP contribution in [0, 0.1) is 6.92 Å². The van der Waals surface area contributed by atoms with Crippen LogP contribution >= 0.6 is 22.9 Å². The second-order valence-electron chi connectivity index (χ2n) is 7.09. The van der Waals surface area contributed by atoms with E-state index in [0.717, 1.165) is 60.5 Å². The number of carbonyl (C=O) groups is 2. The third-order valence-corrected chi connectivity index (χ3v) is 6.71. The van der Waals surface area contributed by atoms with E-state index in [1.54, 1.807) is 21.6 Å². The predicted octanol–water partition coefficient (Wildman–Crippen LogP) is 3.31. The molecule has 2 heterocycles. The molecule has 26 heavy (non-hydrogen) atoms. The van der Waals surface area contributed by atoms with Crippen molar-refractivity contribution in [2.45, 2.75) is 63.6 Å². The minimum atomic E-state index is -0.586. The number of nitrogens with one attached hydrogen (secondary N) is 1. The molecular weight excluding hydrogens is 368 g/mol. The van der Waals surface area contributed by atoms with Crippen LogP contribution in [0.4, 0.5) is 0 Å². The Labute approximate surface area is 160 Å². The van der Waals surface area contributed by atoms with Gasteiger partial charge in [0.1, 0.15) is 6.04 Å². The number of hydrogen-bond acceptors (Lipinski definition) is 6. The van der Waals surface area contributed by atoms with E-state index in [1.165, 1.54) is 0 Å². The molecule has 2 saturated carbocycles. The van der Waals surface area contributed by atoms with Crippen LogP contribution in [-0.2, 0) is 4.79 Å². The molecule has 1 N–H and O–H groups in total. The Morgan fingerprint density at radius 2 is 2.04 bits per heavy atom. The van der Waals surface area contributed by atoms with Gasteiger partial charge in [-0.2, -0.15) is 0 Å². The van der Waals surface area contributed by atoms with E-state index in [1.807, 2.05) is 18.4 Å². The average molecular weight is 391 g/mol. The Morgan fingerprint density at radius 3 is 2.62 bits per heavy atom. The van der Waals surface area contributed by atoms with Gasteiger partial charge in [-0.25, -0.2) is 0 Å². The molecule has 8 heteroatoms. The van der Waals surface area contributed by atoms with Gasteiger partial charge >= 0.3 is 0 Å². The highest BCUT2D eigenvalue weighted by molar-refractivity contribution is 7.10. The van der Waals surface area contributed by atoms with Crippen LogP contribution in [0.5, 0.6) is 0 Å². The molecule has 2 aromatic rings. The maximum Gasteiger partial charge on any atom is 0.276 e. The first-order valence-electron chi connectivity index (χ1n) is 9.09. The number of aromatic nitrogens is 2. The molecule has 2 fully saturated rings. The summed E-state index contributed by atoms with van der Waals surface area (Å²) in [6, 6.07) is 1.75. The second kappa shape index (κ2) is 7.44. The van der Waals surface area contributed by atoms with Crippen LogP contribution in [-0.4, -0.2) is 38.4 Å². The molecule has 2 aliphatic rings. The number of rotatable bonds is 6. The monoisotopic (exact) mass is 390 g/mol. The zero-order chi connectivity index (χ0) is 18.1. The molecule has 138 valence electrons. The normalized spacial score (nSPS) is 18.7. The maximum absolute atomic E-state index is 13.3. The summed E-state index contributed by atoms with van der Waals surface area (Å²) in [4.78, 5) is 29.1. The lowest BCUT2D eigenvalue weighted by atomic mass is 10.1. The van der Waals surface area contributed by atoms with Gasteiger partial charge in [-0.3, -0.25) is 9.59 Å². The number of nitrogens with zero attached hydrogens (tertiary/aromatic N) is 3. The highest BCUT2D eigenvalue weighted by atomic mass is 32.1. The summed E-state index contributed by atoms with van der Waals surface area (Å²) < 4.78 is 3.82. The molecule has 0 spiro atoms. The van der Waals surface area contributed by atoms with Gasteiger partial charge in [0, 0.05) is 22.3 Å². The first kappa shape index (κ1) is 17.6. The van der Waals surface area contributed by atoms with Crippen molar-refractivity contribution in [3.8, 4) is 0 Å². The molecule has 0 aromatic carbocycles. The lowest BCUT2D eigenvalue weighted by Crippen LogP contribution is -2.47. The van der Waals surface area contributed by atoms with Crippen molar-refractivity contribution in [2.24, 2.45) is 0 Å². The van der Waals surface area contributed by atoms with Crippen molar-refractivity contribution < 1.29 is 9.59 Å². The standard InChI is InChI=1S/C18H22N4O2S2/c1-11-8-9-25-16(11)15(17(23)19-12-4-2-3-5-12)22(13-6-7-13)18(24)14-10-26-21-20-14/h8-10,12-13,15H,2-7H2,1H3,(H,19,23). The Morgan fingerprint density at radius 1 is 1.27 bits per heavy atom. The fraction of sp³-hybridized carbons (Fsp3) is 0.556. The summed E-state index contributed by atoms with van der Waals surface area (Å²) in [6.45, 7) is 2.00. The number of amides is 2. The zero-order valence-electron chi connectivity index (χ0n) is 14.7. The van der Waals surface area contributed by atoms with E-state index in [-0.39, 0.29) is 23.9 Å². The van der Waals surface area contributed by atoms with Crippen LogP contribution in [0.15, 0.2) is 16.8 Å². The van der Waals surface area contributed by atoms with E-state index in [9.17, 15) is 9.59 Å². The molecule has 2 amide bonds. The Hall–Kier alpha value is -1.80. The molecule has 2 aliphatic carbocycles. The first-order chi connectivity index (χ1) is 12.6. The van der Waals surface area contributed by atoms with E-state index >= 15 is 0 Å². The smallest absolute Gasteiger partial charge is 0.276 e. The van der Waals surface area contributed by atoms with Gasteiger partial charge < -0.3 is 10.2 Å². The number of carbonyl (C=O) groups excluding carboxylic acids is 2. The van der Waals surface area contributed by atoms with Crippen molar-refractivity contribution in [2.75, 3.05) is 0 Å². The van der Waals surface area contributed by atoms with Crippen molar-refractivity contribution in [1.29, 1.82) is 0 Å². The average Bonchev–Trinajstić information content (AvgIpc) is 3.05. The lowest BCUT2D eigenvalue weighted by Gasteiger charge is -2.31. The van der Waals surface area contributed by atoms with Crippen LogP contribution in [0.25, 0.3) is 0 Å². The van der Waals surface area contributed by atoms with Gasteiger partial charge in [0.2, 0.25) is 5.91 Å². The van der Waals surface area contributed by atoms with Gasteiger partial charge in [0.05, 0.1) is 0 Å². The molecule has 0 bridgehead atoms. The Kier molecular flexibility index (Phi) is 5.04. The number of thiophene rings is 1. The summed E-state index contributed by atoms with van der Waals surface area (Å²) in [5.74, 6) is -0.258. The maximum atomic E-state index is 13.3. The van der Waals surface area contributed by atoms with Crippen molar-refractivity contribution in [3.63, 3.8) is 0 Å². The molecular formula is C18H22N4O2S2. The summed E-state index contributed by atoms with van der Waals surface area (Å²) in [6.07, 6.45) is 6.22. The van der Waals surface area contributed by atoms with E-state index in [2.05, 4.69) is 14.9 Å². The molecule has 0 aliphatic heterocycles. The van der Waals surface area contributed by atoms with Crippen LogP contribution in [0.3, 0.4) is 0 Å². The quantitative estimate of drug-likeness (QED) is 0.821. The van der Waals surface area contributed by atoms with Gasteiger partial charge in [0.15, 0.2) is 5.69 Å². The molecule has 1 atom stereocenters. The molecule has 4 rings (SSSR count). The third kappa shape index (κ3) is 3.53. The SMILES string of the molecule is Cc1ccsc1C(C(=O)NC1CCCC1)N(C(=O)c1csnn1)C1CC1. The zero-order valence-corrected chi connectivity index (χ0v) is 16.3. The number of aryl methyl sites for hydroxylation is 1. The second-order valence-corrected chi connectivity index (χ2v) is 8.65. The predicted molar refractivity (Wildman–Crippen MR) is 101 cm³/mol. The van der Waals surface area contributed by atoms with E-state index in [0.29, 0.717) is 5.69 Å². The highest BCUT2D eigenvalue weighted by Gasteiger charge is 2.43. The van der Waals surface area contributed by atoms with Crippen LogP contribution < -0.4 is 5.32 Å². The van der Waals surface area contributed by atoms with Gasteiger partial charge in [-0.15, -0.1) is 16.4 Å². The largest absolute Gasteiger partial charge is 0.351 e. The summed E-state index contributed by atoms with van der Waals surface area (Å²) >= 11 is 2.70. The van der Waals surface area contributed by atoms with Gasteiger partial charge in [-0.05, 0) is 61.1 Å².